The van der Waals surface area contributed by atoms with Gasteiger partial charge < -0.3 is 18.9 Å². The van der Waals surface area contributed by atoms with Crippen molar-refractivity contribution in [2.75, 3.05) is 13.2 Å². The molecule has 3 N–H and O–H groups in total. The topological polar surface area (TPSA) is 158 Å². The van der Waals surface area contributed by atoms with E-state index in [-0.39, 0.29) is 30.7 Å². The molecule has 1 aliphatic heterocycles. The molecule has 41 heavy (non-hydrogen) atoms. The summed E-state index contributed by atoms with van der Waals surface area (Å²) in [6, 6.07) is 24.5. The first kappa shape index (κ1) is 28.9. The van der Waals surface area contributed by atoms with Crippen molar-refractivity contribution in [2.45, 2.75) is 24.5 Å². The lowest BCUT2D eigenvalue weighted by Gasteiger charge is -2.24. The van der Waals surface area contributed by atoms with Gasteiger partial charge in [-0.25, -0.2) is 14.4 Å². The van der Waals surface area contributed by atoms with E-state index in [9.17, 15) is 24.0 Å². The predicted octanol–water partition coefficient (Wildman–Crippen LogP) is 1.39. The van der Waals surface area contributed by atoms with E-state index in [0.717, 1.165) is 0 Å². The lowest BCUT2D eigenvalue weighted by molar-refractivity contribution is -0.125. The number of rotatable bonds is 12. The maximum Gasteiger partial charge on any atom is 0.338 e. The highest BCUT2D eigenvalue weighted by atomic mass is 16.7. The Labute approximate surface area is 234 Å². The van der Waals surface area contributed by atoms with Crippen LogP contribution in [-0.4, -0.2) is 67.9 Å². The summed E-state index contributed by atoms with van der Waals surface area (Å²) in [5, 5.41) is 2.79. The van der Waals surface area contributed by atoms with Crippen molar-refractivity contribution in [3.63, 3.8) is 0 Å². The van der Waals surface area contributed by atoms with Crippen molar-refractivity contribution < 1.29 is 42.9 Å². The molecule has 3 aromatic rings. The average Bonchev–Trinajstić information content (AvgIpc) is 3.33. The molecular formula is C29H27N3O9. The van der Waals surface area contributed by atoms with Crippen LogP contribution in [0.4, 0.5) is 0 Å². The molecule has 0 spiro atoms. The molecule has 0 aromatic heterocycles. The summed E-state index contributed by atoms with van der Waals surface area (Å²) >= 11 is 0. The molecule has 212 valence electrons. The van der Waals surface area contributed by atoms with Gasteiger partial charge in [0, 0.05) is 0 Å². The van der Waals surface area contributed by atoms with Crippen molar-refractivity contribution in [1.29, 1.82) is 0 Å². The number of hydrogen-bond acceptors (Lipinski definition) is 10. The first-order valence-electron chi connectivity index (χ1n) is 12.6. The third-order valence-electron chi connectivity index (χ3n) is 5.94. The second-order valence-electron chi connectivity index (χ2n) is 8.72. The molecule has 4 rings (SSSR count). The SMILES string of the molecule is O=CNNC(=O)CNC1OC(COC(=O)c2ccccc2)C(OC(=O)c2ccccc2)C1OC(=O)c1ccccc1. The standard InChI is InChI=1S/C29H27N3O9/c33-18-31-32-23(34)16-30-26-25(41-29(37)21-14-8-3-9-15-21)24(40-28(36)20-12-6-2-7-13-20)22(39-26)17-38-27(35)19-10-4-1-5-11-19/h1-15,18,22,24-26,30H,16-17H2,(H,31,33)(H,32,34). The average molecular weight is 562 g/mol. The highest BCUT2D eigenvalue weighted by molar-refractivity contribution is 5.91. The normalized spacial score (nSPS) is 19.4. The zero-order chi connectivity index (χ0) is 29.0. The van der Waals surface area contributed by atoms with Crippen LogP contribution in [-0.2, 0) is 28.5 Å². The number of amides is 2. The van der Waals surface area contributed by atoms with Crippen LogP contribution in [0, 0.1) is 0 Å². The molecule has 0 aliphatic carbocycles. The zero-order valence-corrected chi connectivity index (χ0v) is 21.6. The van der Waals surface area contributed by atoms with E-state index in [2.05, 4.69) is 10.7 Å². The Hall–Kier alpha value is -5.07. The van der Waals surface area contributed by atoms with Gasteiger partial charge in [-0.1, -0.05) is 54.6 Å². The van der Waals surface area contributed by atoms with Crippen LogP contribution >= 0.6 is 0 Å². The van der Waals surface area contributed by atoms with E-state index >= 15 is 0 Å². The molecular weight excluding hydrogens is 534 g/mol. The van der Waals surface area contributed by atoms with Gasteiger partial charge in [0.1, 0.15) is 12.7 Å². The van der Waals surface area contributed by atoms with Crippen LogP contribution in [0.1, 0.15) is 31.1 Å². The van der Waals surface area contributed by atoms with E-state index in [0.29, 0.717) is 5.56 Å². The second-order valence-corrected chi connectivity index (χ2v) is 8.72. The van der Waals surface area contributed by atoms with E-state index in [1.165, 1.54) is 0 Å². The van der Waals surface area contributed by atoms with Gasteiger partial charge >= 0.3 is 17.9 Å². The number of carbonyl (C=O) groups excluding carboxylic acids is 5. The van der Waals surface area contributed by atoms with Crippen molar-refractivity contribution >= 4 is 30.2 Å². The van der Waals surface area contributed by atoms with Gasteiger partial charge in [0.15, 0.2) is 18.4 Å². The van der Waals surface area contributed by atoms with Crippen molar-refractivity contribution in [3.8, 4) is 0 Å². The fourth-order valence-corrected chi connectivity index (χ4v) is 3.99. The molecule has 1 heterocycles. The van der Waals surface area contributed by atoms with Crippen molar-refractivity contribution in [2.24, 2.45) is 0 Å². The van der Waals surface area contributed by atoms with Gasteiger partial charge in [0.2, 0.25) is 6.41 Å². The minimum Gasteiger partial charge on any atom is -0.459 e. The lowest BCUT2D eigenvalue weighted by Crippen LogP contribution is -2.49. The molecule has 12 nitrogen and oxygen atoms in total. The Morgan fingerprint density at radius 2 is 1.20 bits per heavy atom. The van der Waals surface area contributed by atoms with E-state index in [1.54, 1.807) is 91.0 Å². The van der Waals surface area contributed by atoms with Gasteiger partial charge in [-0.15, -0.1) is 0 Å². The van der Waals surface area contributed by atoms with Crippen LogP contribution in [0.15, 0.2) is 91.0 Å². The summed E-state index contributed by atoms with van der Waals surface area (Å²) in [6.45, 7) is -0.738. The third kappa shape index (κ3) is 7.97. The van der Waals surface area contributed by atoms with Crippen LogP contribution in [0.25, 0.3) is 0 Å². The Morgan fingerprint density at radius 3 is 1.71 bits per heavy atom. The van der Waals surface area contributed by atoms with Gasteiger partial charge in [-0.2, -0.15) is 0 Å². The molecule has 1 fully saturated rings. The summed E-state index contributed by atoms with van der Waals surface area (Å²) < 4.78 is 22.9. The van der Waals surface area contributed by atoms with E-state index in [1.807, 2.05) is 5.43 Å². The molecule has 1 aliphatic rings. The number of ether oxygens (including phenoxy) is 4. The van der Waals surface area contributed by atoms with Gasteiger partial charge in [0.05, 0.1) is 23.2 Å². The minimum absolute atomic E-state index is 0.228. The molecule has 4 atom stereocenters. The van der Waals surface area contributed by atoms with E-state index < -0.39 is 48.4 Å². The zero-order valence-electron chi connectivity index (χ0n) is 21.6. The predicted molar refractivity (Wildman–Crippen MR) is 142 cm³/mol. The fraction of sp³-hybridized carbons (Fsp3) is 0.207. The highest BCUT2D eigenvalue weighted by Crippen LogP contribution is 2.28. The van der Waals surface area contributed by atoms with E-state index in [4.69, 9.17) is 18.9 Å². The Bertz CT molecular complexity index is 1340. The summed E-state index contributed by atoms with van der Waals surface area (Å²) in [4.78, 5) is 61.3. The molecule has 12 heteroatoms. The highest BCUT2D eigenvalue weighted by Gasteiger charge is 2.50. The third-order valence-corrected chi connectivity index (χ3v) is 5.94. The summed E-state index contributed by atoms with van der Waals surface area (Å²) in [6.07, 6.45) is -4.48. The van der Waals surface area contributed by atoms with Crippen molar-refractivity contribution in [3.05, 3.63) is 108 Å². The number of hydrogen-bond donors (Lipinski definition) is 3. The monoisotopic (exact) mass is 561 g/mol. The largest absolute Gasteiger partial charge is 0.459 e. The summed E-state index contributed by atoms with van der Waals surface area (Å²) in [7, 11) is 0. The molecule has 4 unspecified atom stereocenters. The summed E-state index contributed by atoms with van der Waals surface area (Å²) in [5.41, 5.74) is 4.92. The molecule has 0 saturated carbocycles. The maximum absolute atomic E-state index is 13.0. The van der Waals surface area contributed by atoms with Gasteiger partial charge in [-0.05, 0) is 36.4 Å². The number of carbonyl (C=O) groups is 5. The van der Waals surface area contributed by atoms with Crippen LogP contribution in [0.3, 0.4) is 0 Å². The first-order valence-corrected chi connectivity index (χ1v) is 12.6. The smallest absolute Gasteiger partial charge is 0.338 e. The quantitative estimate of drug-likeness (QED) is 0.128. The Balaban J connectivity index is 1.58. The molecule has 0 radical (unpaired) electrons. The number of benzene rings is 3. The second kappa shape index (κ2) is 14.4. The van der Waals surface area contributed by atoms with Crippen LogP contribution in [0.2, 0.25) is 0 Å². The lowest BCUT2D eigenvalue weighted by atomic mass is 10.1. The molecule has 0 bridgehead atoms. The number of nitrogens with one attached hydrogen (secondary N) is 3. The van der Waals surface area contributed by atoms with Gasteiger partial charge in [-0.3, -0.25) is 25.8 Å². The Morgan fingerprint density at radius 1 is 0.707 bits per heavy atom. The molecule has 3 aromatic carbocycles. The van der Waals surface area contributed by atoms with Crippen LogP contribution in [0.5, 0.6) is 0 Å². The van der Waals surface area contributed by atoms with Gasteiger partial charge in [0.25, 0.3) is 5.91 Å². The fourth-order valence-electron chi connectivity index (χ4n) is 3.99. The van der Waals surface area contributed by atoms with Crippen molar-refractivity contribution in [1.82, 2.24) is 16.2 Å². The molecule has 2 amide bonds. The summed E-state index contributed by atoms with van der Waals surface area (Å²) in [5.74, 6) is -2.74. The Kier molecular flexibility index (Phi) is 10.1. The first-order chi connectivity index (χ1) is 20.0. The molecule has 1 saturated heterocycles. The maximum atomic E-state index is 13.0. The van der Waals surface area contributed by atoms with Crippen LogP contribution < -0.4 is 16.2 Å². The number of hydrazine groups is 1. The number of esters is 3. The minimum atomic E-state index is -1.26.